The molecule has 1 amide bonds. The number of amides is 1. The van der Waals surface area contributed by atoms with Gasteiger partial charge >= 0.3 is 6.18 Å². The molecule has 0 spiro atoms. The molecular weight excluding hydrogens is 486 g/mol. The number of aromatic hydroxyl groups is 1. The van der Waals surface area contributed by atoms with Crippen molar-refractivity contribution in [3.8, 4) is 5.75 Å². The molecule has 6 nitrogen and oxygen atoms in total. The van der Waals surface area contributed by atoms with Crippen molar-refractivity contribution in [3.05, 3.63) is 93.2 Å². The zero-order chi connectivity index (χ0) is 25.1. The lowest BCUT2D eigenvalue weighted by Crippen LogP contribution is -2.60. The largest absolute Gasteiger partial charge is 0.502 e. The average Bonchev–Trinajstić information content (AvgIpc) is 2.97. The summed E-state index contributed by atoms with van der Waals surface area (Å²) >= 11 is 1.46. The first-order valence-corrected chi connectivity index (χ1v) is 11.7. The lowest BCUT2D eigenvalue weighted by atomic mass is 9.94. The van der Waals surface area contributed by atoms with E-state index in [1.165, 1.54) is 39.8 Å². The number of halogens is 4. The summed E-state index contributed by atoms with van der Waals surface area (Å²) < 4.78 is 56.6. The third-order valence-corrected chi connectivity index (χ3v) is 7.47. The van der Waals surface area contributed by atoms with Gasteiger partial charge in [-0.15, -0.1) is 11.8 Å². The summed E-state index contributed by atoms with van der Waals surface area (Å²) in [5.74, 6) is -2.07. The van der Waals surface area contributed by atoms with Gasteiger partial charge in [-0.2, -0.15) is 13.2 Å². The lowest BCUT2D eigenvalue weighted by molar-refractivity contribution is -0.173. The number of aromatic nitrogens is 1. The van der Waals surface area contributed by atoms with Gasteiger partial charge in [-0.3, -0.25) is 19.3 Å². The van der Waals surface area contributed by atoms with E-state index in [0.29, 0.717) is 21.8 Å². The molecular formula is C24H19F4N3O3S. The maximum Gasteiger partial charge on any atom is 0.408 e. The number of benzene rings is 2. The average molecular weight is 505 g/mol. The predicted molar refractivity (Wildman–Crippen MR) is 121 cm³/mol. The minimum Gasteiger partial charge on any atom is -0.502 e. The molecule has 0 aliphatic carbocycles. The van der Waals surface area contributed by atoms with Crippen LogP contribution in [0.3, 0.4) is 0 Å². The van der Waals surface area contributed by atoms with Crippen LogP contribution >= 0.6 is 11.8 Å². The molecule has 0 saturated carbocycles. The van der Waals surface area contributed by atoms with Crippen LogP contribution in [0, 0.1) is 5.82 Å². The van der Waals surface area contributed by atoms with E-state index >= 15 is 0 Å². The smallest absolute Gasteiger partial charge is 0.408 e. The predicted octanol–water partition coefficient (Wildman–Crippen LogP) is 4.39. The summed E-state index contributed by atoms with van der Waals surface area (Å²) in [5.41, 5.74) is 0.585. The highest BCUT2D eigenvalue weighted by molar-refractivity contribution is 7.98. The number of alkyl halides is 3. The van der Waals surface area contributed by atoms with Crippen molar-refractivity contribution in [2.45, 2.75) is 35.8 Å². The van der Waals surface area contributed by atoms with Crippen LogP contribution in [0.4, 0.5) is 17.6 Å². The van der Waals surface area contributed by atoms with Gasteiger partial charge in [-0.25, -0.2) is 4.39 Å². The summed E-state index contributed by atoms with van der Waals surface area (Å²) in [5, 5.41) is 12.0. The zero-order valence-electron chi connectivity index (χ0n) is 18.3. The molecule has 2 atom stereocenters. The van der Waals surface area contributed by atoms with Crippen LogP contribution in [0.25, 0.3) is 0 Å². The van der Waals surface area contributed by atoms with E-state index < -0.39 is 53.5 Å². The first-order valence-electron chi connectivity index (χ1n) is 10.7. The summed E-state index contributed by atoms with van der Waals surface area (Å²) in [7, 11) is 0. The van der Waals surface area contributed by atoms with Gasteiger partial charge in [0, 0.05) is 22.9 Å². The molecule has 0 bridgehead atoms. The standard InChI is InChI=1S/C24H19F4N3O3S/c1-13(24(26,27)28)29-12-31(30-9-8-18(32)22(33)21(30)23(29)34)20-16-7-6-15(25)10-14(16)11-35-19-5-3-2-4-17(19)20/h2-10,13,20,33H,11-12H2,1H3/t13-,20+/m1/s1. The van der Waals surface area contributed by atoms with Gasteiger partial charge in [0.2, 0.25) is 5.43 Å². The minimum absolute atomic E-state index is 0.429. The highest BCUT2D eigenvalue weighted by Crippen LogP contribution is 2.43. The number of rotatable bonds is 2. The summed E-state index contributed by atoms with van der Waals surface area (Å²) in [6.07, 6.45) is -3.48. The molecule has 1 N–H and O–H groups in total. The van der Waals surface area contributed by atoms with Gasteiger partial charge in [0.15, 0.2) is 11.4 Å². The van der Waals surface area contributed by atoms with Gasteiger partial charge in [0.25, 0.3) is 5.91 Å². The number of thioether (sulfide) groups is 1. The van der Waals surface area contributed by atoms with Crippen molar-refractivity contribution in [1.29, 1.82) is 0 Å². The molecule has 1 aromatic heterocycles. The van der Waals surface area contributed by atoms with Crippen molar-refractivity contribution in [2.24, 2.45) is 0 Å². The minimum atomic E-state index is -4.74. The molecule has 5 rings (SSSR count). The highest BCUT2D eigenvalue weighted by atomic mass is 32.2. The number of hydrogen-bond donors (Lipinski definition) is 1. The van der Waals surface area contributed by atoms with Gasteiger partial charge in [0.1, 0.15) is 18.5 Å². The summed E-state index contributed by atoms with van der Waals surface area (Å²) in [4.78, 5) is 26.7. The number of fused-ring (bicyclic) bond motifs is 3. The number of carbonyl (C=O) groups excluding carboxylic acids is 1. The van der Waals surface area contributed by atoms with Crippen LogP contribution in [-0.4, -0.2) is 39.5 Å². The third-order valence-electron chi connectivity index (χ3n) is 6.33. The van der Waals surface area contributed by atoms with Crippen LogP contribution in [0.5, 0.6) is 5.75 Å². The summed E-state index contributed by atoms with van der Waals surface area (Å²) in [6.45, 7) is 0.360. The Morgan fingerprint density at radius 1 is 1.09 bits per heavy atom. The highest BCUT2D eigenvalue weighted by Gasteiger charge is 2.47. The number of carbonyl (C=O) groups is 1. The van der Waals surface area contributed by atoms with Gasteiger partial charge in [-0.05, 0) is 41.8 Å². The van der Waals surface area contributed by atoms with E-state index in [0.717, 1.165) is 23.4 Å². The van der Waals surface area contributed by atoms with Crippen LogP contribution in [0.1, 0.15) is 40.1 Å². The Kier molecular flexibility index (Phi) is 5.54. The fourth-order valence-corrected chi connectivity index (χ4v) is 5.57. The first-order chi connectivity index (χ1) is 16.6. The van der Waals surface area contributed by atoms with Crippen molar-refractivity contribution in [2.75, 3.05) is 11.7 Å². The maximum absolute atomic E-state index is 14.1. The molecule has 35 heavy (non-hydrogen) atoms. The van der Waals surface area contributed by atoms with Gasteiger partial charge < -0.3 is 10.0 Å². The fraction of sp³-hybridized carbons (Fsp3) is 0.250. The molecule has 0 fully saturated rings. The molecule has 3 heterocycles. The summed E-state index contributed by atoms with van der Waals surface area (Å²) in [6, 6.07) is 9.65. The van der Waals surface area contributed by atoms with Crippen LogP contribution < -0.4 is 10.4 Å². The van der Waals surface area contributed by atoms with Crippen LogP contribution in [0.15, 0.2) is 64.4 Å². The lowest BCUT2D eigenvalue weighted by Gasteiger charge is -2.46. The van der Waals surface area contributed by atoms with Crippen molar-refractivity contribution >= 4 is 17.7 Å². The molecule has 2 aliphatic heterocycles. The van der Waals surface area contributed by atoms with E-state index in [9.17, 15) is 32.3 Å². The Bertz CT molecular complexity index is 1390. The van der Waals surface area contributed by atoms with E-state index in [4.69, 9.17) is 0 Å². The Balaban J connectivity index is 1.78. The SMILES string of the molecule is C[C@@H](N1CN([C@H]2c3ccc(F)cc3CSc3ccccc32)n2ccc(=O)c(O)c2C1=O)C(F)(F)F. The fourth-order valence-electron chi connectivity index (χ4n) is 4.48. The second kappa shape index (κ2) is 8.33. The molecule has 0 unspecified atom stereocenters. The molecule has 3 aromatic rings. The van der Waals surface area contributed by atoms with E-state index in [-0.39, 0.29) is 0 Å². The van der Waals surface area contributed by atoms with Gasteiger partial charge in [0.05, 0.1) is 6.04 Å². The van der Waals surface area contributed by atoms with Crippen LogP contribution in [-0.2, 0) is 5.75 Å². The van der Waals surface area contributed by atoms with E-state index in [1.807, 2.05) is 18.2 Å². The van der Waals surface area contributed by atoms with E-state index in [1.54, 1.807) is 12.1 Å². The first kappa shape index (κ1) is 23.3. The number of hydrogen-bond acceptors (Lipinski definition) is 5. The second-order valence-corrected chi connectivity index (χ2v) is 9.38. The molecule has 11 heteroatoms. The zero-order valence-corrected chi connectivity index (χ0v) is 19.1. The molecule has 0 radical (unpaired) electrons. The maximum atomic E-state index is 14.1. The monoisotopic (exact) mass is 505 g/mol. The molecule has 182 valence electrons. The van der Waals surface area contributed by atoms with Crippen LogP contribution in [0.2, 0.25) is 0 Å². The second-order valence-electron chi connectivity index (χ2n) is 8.37. The van der Waals surface area contributed by atoms with Crippen molar-refractivity contribution < 1.29 is 27.5 Å². The Morgan fingerprint density at radius 3 is 2.57 bits per heavy atom. The van der Waals surface area contributed by atoms with Gasteiger partial charge in [-0.1, -0.05) is 24.3 Å². The Labute approximate surface area is 201 Å². The molecule has 2 aliphatic rings. The number of nitrogens with zero attached hydrogens (tertiary/aromatic N) is 3. The quantitative estimate of drug-likeness (QED) is 0.524. The Morgan fingerprint density at radius 2 is 1.83 bits per heavy atom. The third kappa shape index (κ3) is 3.83. The normalized spacial score (nSPS) is 18.4. The molecule has 0 saturated heterocycles. The van der Waals surface area contributed by atoms with E-state index in [2.05, 4.69) is 0 Å². The van der Waals surface area contributed by atoms with Crippen molar-refractivity contribution in [3.63, 3.8) is 0 Å². The molecule has 2 aromatic carbocycles. The van der Waals surface area contributed by atoms with Crippen molar-refractivity contribution in [1.82, 2.24) is 9.58 Å². The topological polar surface area (TPSA) is 65.8 Å². The Hall–Kier alpha value is -3.47. The number of pyridine rings is 1.